The number of hydrogen-bond donors (Lipinski definition) is 4. The van der Waals surface area contributed by atoms with Gasteiger partial charge in [-0.05, 0) is 30.0 Å². The van der Waals surface area contributed by atoms with Gasteiger partial charge in [-0.2, -0.15) is 0 Å². The van der Waals surface area contributed by atoms with Crippen LogP contribution < -0.4 is 11.5 Å². The number of pyridine rings is 1. The van der Waals surface area contributed by atoms with Crippen molar-refractivity contribution < 1.29 is 41.9 Å². The zero-order chi connectivity index (χ0) is 30.5. The number of anilines is 1. The van der Waals surface area contributed by atoms with Crippen LogP contribution in [-0.2, 0) is 32.0 Å². The first kappa shape index (κ1) is 30.3. The number of nitrogens with zero attached hydrogens (tertiary/aromatic N) is 5. The Bertz CT molecular complexity index is 1660. The van der Waals surface area contributed by atoms with E-state index in [0.717, 1.165) is 5.82 Å². The number of aliphatic hydroxyl groups is 1. The summed E-state index contributed by atoms with van der Waals surface area (Å²) >= 11 is 4.13. The van der Waals surface area contributed by atoms with Crippen LogP contribution in [0, 0.1) is 11.8 Å². The lowest BCUT2D eigenvalue weighted by molar-refractivity contribution is -0.0241. The first-order chi connectivity index (χ1) is 20.5. The summed E-state index contributed by atoms with van der Waals surface area (Å²) in [7, 11) is -4.02. The fraction of sp³-hybridized carbons (Fsp3) is 0.458. The average molecular weight is 654 g/mol. The number of rotatable bonds is 4. The molecule has 43 heavy (non-hydrogen) atoms. The zero-order valence-corrected chi connectivity index (χ0v) is 25.2. The van der Waals surface area contributed by atoms with Gasteiger partial charge in [0.25, 0.3) is 5.91 Å². The van der Waals surface area contributed by atoms with E-state index in [4.69, 9.17) is 34.3 Å². The van der Waals surface area contributed by atoms with E-state index in [1.807, 2.05) is 4.57 Å². The van der Waals surface area contributed by atoms with Crippen LogP contribution in [-0.4, -0.2) is 73.6 Å². The summed E-state index contributed by atoms with van der Waals surface area (Å²) < 4.78 is 57.8. The molecule has 0 unspecified atom stereocenters. The van der Waals surface area contributed by atoms with E-state index < -0.39 is 51.3 Å². The number of aliphatic hydroxyl groups excluding tert-OH is 1. The molecule has 3 aromatic heterocycles. The Morgan fingerprint density at radius 3 is 2.72 bits per heavy atom. The minimum absolute atomic E-state index is 0.0475. The molecule has 19 heteroatoms. The number of hydrogen-bond acceptors (Lipinski definition) is 14. The third-order valence-electron chi connectivity index (χ3n) is 7.88. The van der Waals surface area contributed by atoms with Gasteiger partial charge in [-0.3, -0.25) is 23.4 Å². The zero-order valence-electron chi connectivity index (χ0n) is 22.5. The Balaban J connectivity index is 1.29. The molecular weight excluding hydrogens is 624 g/mol. The second-order valence-electron chi connectivity index (χ2n) is 10.4. The topological polar surface area (TPSA) is 226 Å². The van der Waals surface area contributed by atoms with Gasteiger partial charge in [0, 0.05) is 24.0 Å². The lowest BCUT2D eigenvalue weighted by Gasteiger charge is -2.45. The second-order valence-corrected chi connectivity index (χ2v) is 15.2. The van der Waals surface area contributed by atoms with Crippen LogP contribution >= 0.6 is 26.6 Å². The molecule has 6 rings (SSSR count). The molecule has 1 aliphatic carbocycles. The molecule has 2 bridgehead atoms. The Hall–Kier alpha value is -2.72. The van der Waals surface area contributed by atoms with E-state index >= 15 is 0 Å². The summed E-state index contributed by atoms with van der Waals surface area (Å²) in [6.07, 6.45) is -0.0595. The SMILES string of the molecule is C=C[P@]1(=O)OC[C@H]2C[C@@H](n3cnc4c(N)ncnc43)[C@@H]2CO[P@](=O)(S)OC[C@H]2O[C@@H](c3ccnc(C(N)=O)c3)[C@H](O1)[C@@H]2O. The molecule has 2 aliphatic heterocycles. The third-order valence-corrected chi connectivity index (χ3v) is 11.0. The number of nitrogens with two attached hydrogens (primary N) is 2. The van der Waals surface area contributed by atoms with Crippen molar-refractivity contribution in [2.75, 3.05) is 25.6 Å². The molecule has 1 amide bonds. The largest absolute Gasteiger partial charge is 0.387 e. The highest BCUT2D eigenvalue weighted by Crippen LogP contribution is 2.59. The molecule has 0 radical (unpaired) electrons. The monoisotopic (exact) mass is 653 g/mol. The highest BCUT2D eigenvalue weighted by Gasteiger charge is 2.50. The molecular formula is C24H29N7O9P2S. The summed E-state index contributed by atoms with van der Waals surface area (Å²) in [5, 5.41) is 11.1. The highest BCUT2D eigenvalue weighted by atomic mass is 32.7. The van der Waals surface area contributed by atoms with Crippen LogP contribution in [0.3, 0.4) is 0 Å². The number of ether oxygens (including phenoxy) is 1. The molecule has 2 saturated heterocycles. The van der Waals surface area contributed by atoms with Crippen molar-refractivity contribution in [3.63, 3.8) is 0 Å². The van der Waals surface area contributed by atoms with Gasteiger partial charge in [-0.15, -0.1) is 0 Å². The molecule has 3 fully saturated rings. The van der Waals surface area contributed by atoms with Crippen LogP contribution in [0.2, 0.25) is 0 Å². The van der Waals surface area contributed by atoms with E-state index in [2.05, 4.69) is 38.8 Å². The van der Waals surface area contributed by atoms with E-state index in [-0.39, 0.29) is 42.6 Å². The highest BCUT2D eigenvalue weighted by molar-refractivity contribution is 8.44. The van der Waals surface area contributed by atoms with Crippen LogP contribution in [0.25, 0.3) is 11.2 Å². The third kappa shape index (κ3) is 5.89. The predicted octanol–water partition coefficient (Wildman–Crippen LogP) is 2.40. The van der Waals surface area contributed by atoms with Gasteiger partial charge >= 0.3 is 14.4 Å². The smallest absolute Gasteiger partial charge is 0.386 e. The van der Waals surface area contributed by atoms with Crippen LogP contribution in [0.4, 0.5) is 5.82 Å². The summed E-state index contributed by atoms with van der Waals surface area (Å²) in [5.41, 5.74) is 12.6. The number of primary amides is 1. The molecule has 230 valence electrons. The minimum Gasteiger partial charge on any atom is -0.387 e. The number of imidazole rings is 1. The maximum Gasteiger partial charge on any atom is 0.386 e. The van der Waals surface area contributed by atoms with Crippen LogP contribution in [0.5, 0.6) is 0 Å². The predicted molar refractivity (Wildman–Crippen MR) is 154 cm³/mol. The summed E-state index contributed by atoms with van der Waals surface area (Å²) in [5.74, 6) is -0.0361. The number of aromatic nitrogens is 5. The van der Waals surface area contributed by atoms with Crippen molar-refractivity contribution in [3.05, 3.63) is 54.6 Å². The minimum atomic E-state index is -4.02. The van der Waals surface area contributed by atoms with Crippen molar-refractivity contribution in [1.29, 1.82) is 0 Å². The average Bonchev–Trinajstić information content (AvgIpc) is 3.53. The van der Waals surface area contributed by atoms with Crippen LogP contribution in [0.1, 0.15) is 34.6 Å². The first-order valence-corrected chi connectivity index (χ1v) is 17.5. The van der Waals surface area contributed by atoms with Gasteiger partial charge in [0.1, 0.15) is 42.0 Å². The standard InChI is InChI=1S/C24H29N7O9P2S/c1-2-41(34)36-7-13-6-16(31-11-30-18-22(25)28-10-29-24(18)31)14(13)8-37-42(35,43)38-9-17-19(32)21(40-41)20(39-17)12-3-4-27-15(5-12)23(26)33/h2-5,10-11,13-14,16-17,19-21,32H,1,6-9H2,(H2,26,33)(H,35,43)(H2,25,28,29)/t13-,14-,16-,17-,19-,20+,21-,41+,42+/m1/s1. The Kier molecular flexibility index (Phi) is 8.21. The Morgan fingerprint density at radius 1 is 1.16 bits per heavy atom. The summed E-state index contributed by atoms with van der Waals surface area (Å²) in [6.45, 7) is -0.831. The van der Waals surface area contributed by atoms with Crippen molar-refractivity contribution in [3.8, 4) is 0 Å². The second kappa shape index (κ2) is 11.7. The van der Waals surface area contributed by atoms with E-state index in [0.29, 0.717) is 23.1 Å². The molecule has 3 aliphatic rings. The molecule has 9 atom stereocenters. The first-order valence-electron chi connectivity index (χ1n) is 13.2. The fourth-order valence-corrected chi connectivity index (χ4v) is 7.95. The maximum absolute atomic E-state index is 13.8. The van der Waals surface area contributed by atoms with Gasteiger partial charge in [0.05, 0.1) is 26.1 Å². The molecule has 0 aromatic carbocycles. The fourth-order valence-electron chi connectivity index (χ4n) is 5.55. The Labute approximate surface area is 250 Å². The van der Waals surface area contributed by atoms with E-state index in [1.165, 1.54) is 24.7 Å². The number of carbonyl (C=O) groups excluding carboxylic acids is 1. The van der Waals surface area contributed by atoms with Crippen LogP contribution in [0.15, 0.2) is 43.4 Å². The normalized spacial score (nSPS) is 36.7. The molecule has 5 N–H and O–H groups in total. The van der Waals surface area contributed by atoms with Gasteiger partial charge in [-0.1, -0.05) is 18.8 Å². The summed E-state index contributed by atoms with van der Waals surface area (Å²) in [6, 6.07) is 2.69. The number of thiol groups is 1. The lowest BCUT2D eigenvalue weighted by atomic mass is 9.70. The lowest BCUT2D eigenvalue weighted by Crippen LogP contribution is -2.43. The van der Waals surface area contributed by atoms with Crippen molar-refractivity contribution >= 4 is 49.5 Å². The molecule has 1 saturated carbocycles. The summed E-state index contributed by atoms with van der Waals surface area (Å²) in [4.78, 5) is 28.3. The number of carbonyl (C=O) groups is 1. The maximum atomic E-state index is 13.8. The quantitative estimate of drug-likeness (QED) is 0.234. The number of amides is 1. The van der Waals surface area contributed by atoms with Crippen molar-refractivity contribution in [1.82, 2.24) is 24.5 Å². The van der Waals surface area contributed by atoms with Gasteiger partial charge in [0.2, 0.25) is 0 Å². The van der Waals surface area contributed by atoms with Gasteiger partial charge in [0.15, 0.2) is 11.5 Å². The molecule has 0 spiro atoms. The molecule has 3 aromatic rings. The van der Waals surface area contributed by atoms with E-state index in [9.17, 15) is 19.0 Å². The molecule has 16 nitrogen and oxygen atoms in total. The van der Waals surface area contributed by atoms with E-state index in [1.54, 1.807) is 6.33 Å². The number of fused-ring (bicyclic) bond motifs is 4. The Morgan fingerprint density at radius 2 is 1.95 bits per heavy atom. The van der Waals surface area contributed by atoms with Gasteiger partial charge < -0.3 is 34.9 Å². The van der Waals surface area contributed by atoms with Gasteiger partial charge in [-0.25, -0.2) is 19.5 Å². The number of nitrogen functional groups attached to an aromatic ring is 1. The van der Waals surface area contributed by atoms with Crippen molar-refractivity contribution in [2.45, 2.75) is 36.9 Å². The molecule has 5 heterocycles. The van der Waals surface area contributed by atoms with Crippen molar-refractivity contribution in [2.24, 2.45) is 17.6 Å².